The predicted molar refractivity (Wildman–Crippen MR) is 72.5 cm³/mol. The molecule has 0 aromatic heterocycles. The second kappa shape index (κ2) is 7.49. The molecule has 0 unspecified atom stereocenters. The molecule has 0 saturated carbocycles. The standard InChI is InChI=1S/C15H26N2.2ClH/c1-4-17(12-10-16(2,3)11-13-17)14-15-8-6-5-7-9-15;;/h5-9H,4,10-14H2,1-3H3;2*1H/q+2;;/p-2. The van der Waals surface area contributed by atoms with Crippen LogP contribution in [0, 0.1) is 0 Å². The van der Waals surface area contributed by atoms with Crippen LogP contribution in [0.4, 0.5) is 0 Å². The minimum atomic E-state index is 0. The smallest absolute Gasteiger partial charge is 0.129 e. The molecule has 0 N–H and O–H groups in total. The maximum absolute atomic E-state index is 2.35. The lowest BCUT2D eigenvalue weighted by molar-refractivity contribution is -1.02. The van der Waals surface area contributed by atoms with Crippen molar-refractivity contribution in [3.8, 4) is 0 Å². The summed E-state index contributed by atoms with van der Waals surface area (Å²) in [5, 5.41) is 0. The molecule has 2 nitrogen and oxygen atoms in total. The highest BCUT2D eigenvalue weighted by atomic mass is 35.5. The molecular formula is C15H26Cl2N2. The molecule has 4 heteroatoms. The van der Waals surface area contributed by atoms with Gasteiger partial charge in [0.15, 0.2) is 0 Å². The monoisotopic (exact) mass is 304 g/mol. The maximum atomic E-state index is 2.35. The van der Waals surface area contributed by atoms with Crippen molar-refractivity contribution in [3.05, 3.63) is 35.9 Å². The Morgan fingerprint density at radius 3 is 1.89 bits per heavy atom. The van der Waals surface area contributed by atoms with Gasteiger partial charge >= 0.3 is 0 Å². The summed E-state index contributed by atoms with van der Waals surface area (Å²) in [7, 11) is 4.71. The van der Waals surface area contributed by atoms with Crippen molar-refractivity contribution in [1.82, 2.24) is 0 Å². The summed E-state index contributed by atoms with van der Waals surface area (Å²) in [5.41, 5.74) is 1.49. The Morgan fingerprint density at radius 2 is 1.42 bits per heavy atom. The Bertz CT molecular complexity index is 356. The van der Waals surface area contributed by atoms with Gasteiger partial charge in [0, 0.05) is 5.56 Å². The summed E-state index contributed by atoms with van der Waals surface area (Å²) < 4.78 is 2.46. The molecular weight excluding hydrogens is 279 g/mol. The van der Waals surface area contributed by atoms with Gasteiger partial charge in [0.2, 0.25) is 0 Å². The van der Waals surface area contributed by atoms with Crippen molar-refractivity contribution in [1.29, 1.82) is 0 Å². The first kappa shape index (κ1) is 18.7. The van der Waals surface area contributed by atoms with Crippen LogP contribution in [-0.2, 0) is 6.54 Å². The van der Waals surface area contributed by atoms with Crippen molar-refractivity contribution in [2.45, 2.75) is 13.5 Å². The van der Waals surface area contributed by atoms with E-state index >= 15 is 0 Å². The first-order valence-corrected chi connectivity index (χ1v) is 6.76. The largest absolute Gasteiger partial charge is 1.00 e. The molecule has 1 fully saturated rings. The van der Waals surface area contributed by atoms with Crippen molar-refractivity contribution in [2.24, 2.45) is 0 Å². The Labute approximate surface area is 130 Å². The Morgan fingerprint density at radius 1 is 0.895 bits per heavy atom. The fourth-order valence-electron chi connectivity index (χ4n) is 2.75. The third-order valence-electron chi connectivity index (χ3n) is 4.39. The summed E-state index contributed by atoms with van der Waals surface area (Å²) in [6.07, 6.45) is 0. The molecule has 1 aromatic rings. The molecule has 0 bridgehead atoms. The molecule has 2 rings (SSSR count). The number of quaternary nitrogens is 2. The lowest BCUT2D eigenvalue weighted by Gasteiger charge is -2.46. The van der Waals surface area contributed by atoms with Gasteiger partial charge in [-0.05, 0) is 6.92 Å². The number of piperazine rings is 1. The van der Waals surface area contributed by atoms with Crippen molar-refractivity contribution in [2.75, 3.05) is 46.8 Å². The minimum Gasteiger partial charge on any atom is -1.00 e. The average Bonchev–Trinajstić information content (AvgIpc) is 2.34. The molecule has 1 heterocycles. The summed E-state index contributed by atoms with van der Waals surface area (Å²) >= 11 is 0. The lowest BCUT2D eigenvalue weighted by atomic mass is 10.1. The highest BCUT2D eigenvalue weighted by Crippen LogP contribution is 2.20. The SMILES string of the molecule is CC[N+]1(Cc2ccccc2)CC[N+](C)(C)CC1.[Cl-].[Cl-]. The van der Waals surface area contributed by atoms with E-state index in [0.717, 1.165) is 0 Å². The lowest BCUT2D eigenvalue weighted by Crippen LogP contribution is -3.00. The van der Waals surface area contributed by atoms with Crippen LogP contribution in [0.1, 0.15) is 12.5 Å². The van der Waals surface area contributed by atoms with Crippen LogP contribution >= 0.6 is 0 Å². The Kier molecular flexibility index (Phi) is 7.38. The molecule has 19 heavy (non-hydrogen) atoms. The molecule has 1 saturated heterocycles. The molecule has 0 atom stereocenters. The van der Waals surface area contributed by atoms with Gasteiger partial charge in [-0.2, -0.15) is 0 Å². The topological polar surface area (TPSA) is 0 Å². The highest BCUT2D eigenvalue weighted by molar-refractivity contribution is 5.13. The number of nitrogens with zero attached hydrogens (tertiary/aromatic N) is 2. The first-order valence-electron chi connectivity index (χ1n) is 6.76. The van der Waals surface area contributed by atoms with E-state index in [4.69, 9.17) is 0 Å². The molecule has 0 amide bonds. The van der Waals surface area contributed by atoms with Crippen molar-refractivity contribution >= 4 is 0 Å². The third kappa shape index (κ3) is 4.96. The average molecular weight is 305 g/mol. The summed E-state index contributed by atoms with van der Waals surface area (Å²) in [6.45, 7) is 10.1. The van der Waals surface area contributed by atoms with E-state index in [1.807, 2.05) is 0 Å². The zero-order valence-corrected chi connectivity index (χ0v) is 13.8. The van der Waals surface area contributed by atoms with Crippen LogP contribution in [0.5, 0.6) is 0 Å². The molecule has 0 aliphatic carbocycles. The Balaban J connectivity index is 0.00000162. The van der Waals surface area contributed by atoms with Crippen LogP contribution in [0.15, 0.2) is 30.3 Å². The van der Waals surface area contributed by atoms with Crippen molar-refractivity contribution < 1.29 is 33.8 Å². The van der Waals surface area contributed by atoms with Gasteiger partial charge in [0.05, 0.1) is 20.6 Å². The van der Waals surface area contributed by atoms with Gasteiger partial charge in [-0.25, -0.2) is 0 Å². The minimum absolute atomic E-state index is 0. The second-order valence-electron chi connectivity index (χ2n) is 6.13. The number of hydrogen-bond acceptors (Lipinski definition) is 0. The van der Waals surface area contributed by atoms with Crippen LogP contribution in [0.25, 0.3) is 0 Å². The van der Waals surface area contributed by atoms with E-state index in [1.54, 1.807) is 0 Å². The third-order valence-corrected chi connectivity index (χ3v) is 4.39. The van der Waals surface area contributed by atoms with Crippen LogP contribution in [0.2, 0.25) is 0 Å². The van der Waals surface area contributed by atoms with Gasteiger partial charge in [-0.1, -0.05) is 30.3 Å². The predicted octanol–water partition coefficient (Wildman–Crippen LogP) is -3.88. The summed E-state index contributed by atoms with van der Waals surface area (Å²) in [5.74, 6) is 0. The number of hydrogen-bond donors (Lipinski definition) is 0. The molecule has 1 aliphatic heterocycles. The van der Waals surface area contributed by atoms with Crippen molar-refractivity contribution in [3.63, 3.8) is 0 Å². The van der Waals surface area contributed by atoms with Gasteiger partial charge < -0.3 is 33.8 Å². The molecule has 0 radical (unpaired) electrons. The quantitative estimate of drug-likeness (QED) is 0.501. The molecule has 0 spiro atoms. The van der Waals surface area contributed by atoms with Gasteiger partial charge in [0.25, 0.3) is 0 Å². The zero-order chi connectivity index (χ0) is 12.4. The molecule has 1 aliphatic rings. The van der Waals surface area contributed by atoms with E-state index in [1.165, 1.54) is 53.8 Å². The van der Waals surface area contributed by atoms with E-state index < -0.39 is 0 Å². The van der Waals surface area contributed by atoms with Crippen LogP contribution < -0.4 is 24.8 Å². The van der Waals surface area contributed by atoms with E-state index in [9.17, 15) is 0 Å². The molecule has 110 valence electrons. The number of halogens is 2. The Hall–Kier alpha value is -0.280. The van der Waals surface area contributed by atoms with Crippen LogP contribution in [-0.4, -0.2) is 55.8 Å². The van der Waals surface area contributed by atoms with Gasteiger partial charge in [-0.3, -0.25) is 0 Å². The van der Waals surface area contributed by atoms with E-state index in [2.05, 4.69) is 51.4 Å². The normalized spacial score (nSPS) is 19.9. The number of rotatable bonds is 3. The maximum Gasteiger partial charge on any atom is 0.129 e. The van der Waals surface area contributed by atoms with Gasteiger partial charge in [0.1, 0.15) is 32.7 Å². The van der Waals surface area contributed by atoms with E-state index in [0.29, 0.717) is 0 Å². The highest BCUT2D eigenvalue weighted by Gasteiger charge is 2.36. The van der Waals surface area contributed by atoms with Gasteiger partial charge in [-0.15, -0.1) is 0 Å². The molecule has 1 aromatic carbocycles. The number of likely N-dealkylation sites (N-methyl/N-ethyl adjacent to an activating group) is 2. The first-order chi connectivity index (χ1) is 8.05. The van der Waals surface area contributed by atoms with E-state index in [-0.39, 0.29) is 24.8 Å². The van der Waals surface area contributed by atoms with Crippen LogP contribution in [0.3, 0.4) is 0 Å². The second-order valence-corrected chi connectivity index (χ2v) is 6.13. The fraction of sp³-hybridized carbons (Fsp3) is 0.600. The summed E-state index contributed by atoms with van der Waals surface area (Å²) in [4.78, 5) is 0. The summed E-state index contributed by atoms with van der Waals surface area (Å²) in [6, 6.07) is 11.0. The number of benzene rings is 1. The zero-order valence-electron chi connectivity index (χ0n) is 12.3. The fourth-order valence-corrected chi connectivity index (χ4v) is 2.75.